The number of alkyl halides is 14. The van der Waals surface area contributed by atoms with Gasteiger partial charge in [-0.15, -0.1) is 0 Å². The summed E-state index contributed by atoms with van der Waals surface area (Å²) in [7, 11) is 0. The second-order valence-corrected chi connectivity index (χ2v) is 8.02. The monoisotopic (exact) mass is 550 g/mol. The highest BCUT2D eigenvalue weighted by molar-refractivity contribution is 9.14. The molecule has 0 aromatic rings. The molecule has 0 saturated heterocycles. The maximum absolute atomic E-state index is 13.7. The van der Waals surface area contributed by atoms with E-state index in [4.69, 9.17) is 0 Å². The van der Waals surface area contributed by atoms with Crippen molar-refractivity contribution in [3.8, 4) is 0 Å². The molecule has 0 fully saturated rings. The van der Waals surface area contributed by atoms with Gasteiger partial charge in [-0.1, -0.05) is 11.6 Å². The van der Waals surface area contributed by atoms with Crippen LogP contribution >= 0.6 is 71.0 Å². The van der Waals surface area contributed by atoms with Gasteiger partial charge in [-0.3, -0.25) is 0 Å². The minimum absolute atomic E-state index is 1.12. The van der Waals surface area contributed by atoms with Crippen molar-refractivity contribution in [1.29, 1.82) is 0 Å². The molecule has 0 N–H and O–H groups in total. The van der Waals surface area contributed by atoms with E-state index in [-0.39, 0.29) is 0 Å². The minimum Gasteiger partial charge on any atom is -0.220 e. The Labute approximate surface area is 140 Å². The molecule has 0 bridgehead atoms. The summed E-state index contributed by atoms with van der Waals surface area (Å²) in [5, 5.41) is -5.97. The van der Waals surface area contributed by atoms with E-state index >= 15 is 0 Å². The lowest BCUT2D eigenvalue weighted by atomic mass is 10.0. The van der Waals surface area contributed by atoms with Crippen molar-refractivity contribution in [1.82, 2.24) is 0 Å². The van der Waals surface area contributed by atoms with Crippen molar-refractivity contribution in [3.63, 3.8) is 0 Å². The Balaban J connectivity index is 6.08. The SMILES string of the molecule is FC(F)(Cl)C(F)(F)C(F)(F)C(F)(Br)C(F)(Br)C(F)(Cl)Br. The Bertz CT molecular complexity index is 337. The van der Waals surface area contributed by atoms with Crippen molar-refractivity contribution in [2.45, 2.75) is 30.4 Å². The molecule has 122 valence electrons. The summed E-state index contributed by atoms with van der Waals surface area (Å²) in [5.41, 5.74) is 0. The predicted octanol–water partition coefficient (Wildman–Crippen LogP) is 6.47. The Morgan fingerprint density at radius 3 is 1.05 bits per heavy atom. The highest BCUT2D eigenvalue weighted by atomic mass is 79.9. The van der Waals surface area contributed by atoms with E-state index in [1.54, 1.807) is 15.9 Å². The van der Waals surface area contributed by atoms with Gasteiger partial charge in [0.05, 0.1) is 0 Å². The van der Waals surface area contributed by atoms with Gasteiger partial charge >= 0.3 is 17.2 Å². The third-order valence-corrected chi connectivity index (χ3v) is 6.37. The van der Waals surface area contributed by atoms with E-state index in [9.17, 15) is 39.5 Å². The average Bonchev–Trinajstić information content (AvgIpc) is 2.12. The van der Waals surface area contributed by atoms with E-state index in [2.05, 4.69) is 23.2 Å². The molecule has 0 saturated carbocycles. The maximum atomic E-state index is 13.7. The van der Waals surface area contributed by atoms with Crippen LogP contribution in [-0.2, 0) is 0 Å². The first-order chi connectivity index (χ1) is 8.25. The van der Waals surface area contributed by atoms with Gasteiger partial charge in [-0.05, 0) is 59.4 Å². The van der Waals surface area contributed by atoms with Crippen LogP contribution < -0.4 is 0 Å². The molecule has 0 aliphatic heterocycles. The normalized spacial score (nSPS) is 23.7. The third kappa shape index (κ3) is 3.05. The fraction of sp³-hybridized carbons (Fsp3) is 1.00. The summed E-state index contributed by atoms with van der Waals surface area (Å²) in [6, 6.07) is 0. The predicted molar refractivity (Wildman–Crippen MR) is 64.8 cm³/mol. The van der Waals surface area contributed by atoms with Crippen LogP contribution in [0.1, 0.15) is 0 Å². The molecule has 3 atom stereocenters. The number of hydrogen-bond acceptors (Lipinski definition) is 0. The zero-order valence-corrected chi connectivity index (χ0v) is 14.6. The number of halogens is 14. The van der Waals surface area contributed by atoms with Crippen LogP contribution in [0.4, 0.5) is 39.5 Å². The molecule has 0 aromatic carbocycles. The van der Waals surface area contributed by atoms with Gasteiger partial charge in [0, 0.05) is 0 Å². The van der Waals surface area contributed by atoms with Gasteiger partial charge in [-0.25, -0.2) is 13.2 Å². The summed E-state index contributed by atoms with van der Waals surface area (Å²) in [6.07, 6.45) is 0. The van der Waals surface area contributed by atoms with Crippen LogP contribution in [0.15, 0.2) is 0 Å². The Morgan fingerprint density at radius 1 is 0.550 bits per heavy atom. The van der Waals surface area contributed by atoms with Crippen LogP contribution in [0.2, 0.25) is 0 Å². The quantitative estimate of drug-likeness (QED) is 0.271. The second kappa shape index (κ2) is 5.48. The molecule has 14 heteroatoms. The van der Waals surface area contributed by atoms with E-state index < -0.39 is 30.4 Å². The molecule has 0 heterocycles. The lowest BCUT2D eigenvalue weighted by Gasteiger charge is -2.42. The molecule has 0 aliphatic rings. The van der Waals surface area contributed by atoms with Crippen LogP contribution in [0, 0.1) is 0 Å². The third-order valence-electron chi connectivity index (χ3n) is 1.90. The van der Waals surface area contributed by atoms with Crippen molar-refractivity contribution in [2.24, 2.45) is 0 Å². The largest absolute Gasteiger partial charge is 0.390 e. The molecular formula is C6Br3Cl2F9. The Morgan fingerprint density at radius 2 is 0.850 bits per heavy atom. The molecule has 0 nitrogen and oxygen atoms in total. The number of hydrogen-bond donors (Lipinski definition) is 0. The van der Waals surface area contributed by atoms with E-state index in [0.717, 1.165) is 15.9 Å². The first-order valence-electron chi connectivity index (χ1n) is 3.90. The van der Waals surface area contributed by atoms with E-state index in [0.29, 0.717) is 0 Å². The molecule has 20 heavy (non-hydrogen) atoms. The van der Waals surface area contributed by atoms with Crippen molar-refractivity contribution >= 4 is 71.0 Å². The van der Waals surface area contributed by atoms with Crippen molar-refractivity contribution in [2.75, 3.05) is 0 Å². The summed E-state index contributed by atoms with van der Waals surface area (Å²) in [5.74, 6) is -13.1. The highest BCUT2D eigenvalue weighted by Crippen LogP contribution is 2.65. The Hall–Kier alpha value is 1.39. The fourth-order valence-electron chi connectivity index (χ4n) is 0.750. The molecule has 0 amide bonds. The second-order valence-electron chi connectivity index (χ2n) is 3.29. The minimum atomic E-state index is -6.60. The smallest absolute Gasteiger partial charge is 0.220 e. The first-order valence-corrected chi connectivity index (χ1v) is 7.03. The topological polar surface area (TPSA) is 0 Å². The molecule has 0 aromatic heterocycles. The van der Waals surface area contributed by atoms with E-state index in [1.807, 2.05) is 0 Å². The summed E-state index contributed by atoms with van der Waals surface area (Å²) in [6.45, 7) is 0. The number of rotatable bonds is 5. The molecule has 0 spiro atoms. The van der Waals surface area contributed by atoms with Gasteiger partial charge in [0.1, 0.15) is 0 Å². The molecule has 0 aliphatic carbocycles. The molecule has 3 unspecified atom stereocenters. The lowest BCUT2D eigenvalue weighted by molar-refractivity contribution is -0.313. The Kier molecular flexibility index (Phi) is 5.86. The van der Waals surface area contributed by atoms with E-state index in [1.165, 1.54) is 15.9 Å². The zero-order valence-electron chi connectivity index (χ0n) is 8.29. The lowest BCUT2D eigenvalue weighted by Crippen LogP contribution is -2.67. The highest BCUT2D eigenvalue weighted by Gasteiger charge is 2.86. The standard InChI is InChI=1S/C6Br3Cl2F9/c7-1(12,2(8,13)5(9,10)18)3(14,15)4(16,17)6(11,19)20. The van der Waals surface area contributed by atoms with Gasteiger partial charge in [0.2, 0.25) is 0 Å². The van der Waals surface area contributed by atoms with Crippen LogP contribution in [0.5, 0.6) is 0 Å². The van der Waals surface area contributed by atoms with Gasteiger partial charge in [0.25, 0.3) is 13.2 Å². The van der Waals surface area contributed by atoms with Crippen LogP contribution in [0.3, 0.4) is 0 Å². The van der Waals surface area contributed by atoms with Crippen molar-refractivity contribution in [3.05, 3.63) is 0 Å². The zero-order chi connectivity index (χ0) is 17.0. The van der Waals surface area contributed by atoms with Gasteiger partial charge in [0.15, 0.2) is 0 Å². The molecule has 0 rings (SSSR count). The molecular weight excluding hydrogens is 554 g/mol. The van der Waals surface area contributed by atoms with Crippen LogP contribution in [-0.4, -0.2) is 30.4 Å². The fourth-order valence-corrected chi connectivity index (χ4v) is 2.42. The molecule has 0 radical (unpaired) electrons. The van der Waals surface area contributed by atoms with Gasteiger partial charge in [-0.2, -0.15) is 26.3 Å². The average molecular weight is 554 g/mol. The summed E-state index contributed by atoms with van der Waals surface area (Å²) in [4.78, 5) is 0. The van der Waals surface area contributed by atoms with Crippen molar-refractivity contribution < 1.29 is 39.5 Å². The van der Waals surface area contributed by atoms with Crippen LogP contribution in [0.25, 0.3) is 0 Å². The first kappa shape index (κ1) is 21.4. The summed E-state index contributed by atoms with van der Waals surface area (Å²) < 4.78 is 103. The summed E-state index contributed by atoms with van der Waals surface area (Å²) >= 11 is 12.3. The maximum Gasteiger partial charge on any atom is 0.390 e. The van der Waals surface area contributed by atoms with Gasteiger partial charge < -0.3 is 0 Å².